The van der Waals surface area contributed by atoms with Gasteiger partial charge in [0.05, 0.1) is 16.3 Å². The van der Waals surface area contributed by atoms with Crippen molar-refractivity contribution in [3.63, 3.8) is 0 Å². The van der Waals surface area contributed by atoms with Gasteiger partial charge in [-0.1, -0.05) is 12.2 Å². The molecule has 0 radical (unpaired) electrons. The molecule has 0 aliphatic heterocycles. The van der Waals surface area contributed by atoms with Crippen molar-refractivity contribution in [3.8, 4) is 0 Å². The van der Waals surface area contributed by atoms with E-state index in [0.717, 1.165) is 29.3 Å². The highest BCUT2D eigenvalue weighted by atomic mass is 32.2. The fourth-order valence-corrected chi connectivity index (χ4v) is 3.57. The standard InChI is InChI=1S/C17H25N3O3S/c1-19(2)16-11-10-14(24(22,23)20(3)4)12-15(16)18-17(21)13-8-6-5-7-9-13/h5-6,10-13H,7-9H2,1-4H3,(H,18,21). The zero-order chi connectivity index (χ0) is 17.9. The summed E-state index contributed by atoms with van der Waals surface area (Å²) in [7, 11) is 3.14. The lowest BCUT2D eigenvalue weighted by atomic mass is 9.93. The van der Waals surface area contributed by atoms with Gasteiger partial charge in [-0.15, -0.1) is 0 Å². The van der Waals surface area contributed by atoms with Crippen molar-refractivity contribution in [1.82, 2.24) is 4.31 Å². The molecule has 6 nitrogen and oxygen atoms in total. The molecule has 1 aliphatic carbocycles. The van der Waals surface area contributed by atoms with Crippen LogP contribution in [0.1, 0.15) is 19.3 Å². The number of hydrogen-bond acceptors (Lipinski definition) is 4. The normalized spacial score (nSPS) is 17.8. The summed E-state index contributed by atoms with van der Waals surface area (Å²) < 4.78 is 25.8. The molecule has 0 saturated carbocycles. The summed E-state index contributed by atoms with van der Waals surface area (Å²) in [5.41, 5.74) is 1.29. The molecular weight excluding hydrogens is 326 g/mol. The number of rotatable bonds is 5. The fourth-order valence-electron chi connectivity index (χ4n) is 2.64. The number of sulfonamides is 1. The highest BCUT2D eigenvalue weighted by Gasteiger charge is 2.23. The average molecular weight is 351 g/mol. The number of hydrogen-bond donors (Lipinski definition) is 1. The van der Waals surface area contributed by atoms with Crippen LogP contribution in [0.5, 0.6) is 0 Å². The maximum absolute atomic E-state index is 12.5. The van der Waals surface area contributed by atoms with Gasteiger partial charge in [-0.05, 0) is 37.5 Å². The molecule has 1 aromatic carbocycles. The number of nitrogens with zero attached hydrogens (tertiary/aromatic N) is 2. The maximum Gasteiger partial charge on any atom is 0.242 e. The average Bonchev–Trinajstić information content (AvgIpc) is 2.55. The first-order valence-corrected chi connectivity index (χ1v) is 9.37. The Kier molecular flexibility index (Phi) is 5.66. The minimum atomic E-state index is -3.55. The van der Waals surface area contributed by atoms with Gasteiger partial charge in [0.1, 0.15) is 0 Å². The van der Waals surface area contributed by atoms with Crippen molar-refractivity contribution < 1.29 is 13.2 Å². The summed E-state index contributed by atoms with van der Waals surface area (Å²) in [4.78, 5) is 14.5. The van der Waals surface area contributed by atoms with Crippen LogP contribution in [0.4, 0.5) is 11.4 Å². The van der Waals surface area contributed by atoms with Crippen molar-refractivity contribution >= 4 is 27.3 Å². The minimum absolute atomic E-state index is 0.0677. The van der Waals surface area contributed by atoms with Gasteiger partial charge in [-0.3, -0.25) is 4.79 Å². The van der Waals surface area contributed by atoms with E-state index in [-0.39, 0.29) is 16.7 Å². The van der Waals surface area contributed by atoms with Gasteiger partial charge < -0.3 is 10.2 Å². The number of anilines is 2. The van der Waals surface area contributed by atoms with Gasteiger partial charge >= 0.3 is 0 Å². The van der Waals surface area contributed by atoms with E-state index < -0.39 is 10.0 Å². The van der Waals surface area contributed by atoms with E-state index in [4.69, 9.17) is 0 Å². The molecule has 1 unspecified atom stereocenters. The molecule has 0 fully saturated rings. The van der Waals surface area contributed by atoms with Crippen molar-refractivity contribution in [1.29, 1.82) is 0 Å². The van der Waals surface area contributed by atoms with Gasteiger partial charge in [0, 0.05) is 34.1 Å². The van der Waals surface area contributed by atoms with Gasteiger partial charge in [-0.2, -0.15) is 0 Å². The molecule has 2 rings (SSSR count). The van der Waals surface area contributed by atoms with Crippen molar-refractivity contribution in [2.24, 2.45) is 5.92 Å². The van der Waals surface area contributed by atoms with Crippen molar-refractivity contribution in [2.75, 3.05) is 38.4 Å². The number of amides is 1. The molecule has 0 spiro atoms. The molecule has 0 aromatic heterocycles. The molecule has 1 aromatic rings. The Morgan fingerprint density at radius 2 is 1.88 bits per heavy atom. The van der Waals surface area contributed by atoms with E-state index >= 15 is 0 Å². The molecule has 24 heavy (non-hydrogen) atoms. The first-order valence-electron chi connectivity index (χ1n) is 7.93. The van der Waals surface area contributed by atoms with Crippen LogP contribution in [0.3, 0.4) is 0 Å². The molecule has 0 bridgehead atoms. The molecular formula is C17H25N3O3S. The SMILES string of the molecule is CN(C)c1ccc(S(=O)(=O)N(C)C)cc1NC(=O)C1CC=CCC1. The Bertz CT molecular complexity index is 739. The largest absolute Gasteiger partial charge is 0.376 e. The highest BCUT2D eigenvalue weighted by molar-refractivity contribution is 7.89. The summed E-state index contributed by atoms with van der Waals surface area (Å²) in [6, 6.07) is 4.80. The zero-order valence-corrected chi connectivity index (χ0v) is 15.4. The summed E-state index contributed by atoms with van der Waals surface area (Å²) in [6.07, 6.45) is 6.54. The van der Waals surface area contributed by atoms with E-state index in [1.165, 1.54) is 20.2 Å². The molecule has 0 saturated heterocycles. The van der Waals surface area contributed by atoms with Crippen LogP contribution < -0.4 is 10.2 Å². The quantitative estimate of drug-likeness (QED) is 0.827. The van der Waals surface area contributed by atoms with Crippen molar-refractivity contribution in [2.45, 2.75) is 24.2 Å². The Morgan fingerprint density at radius 1 is 1.17 bits per heavy atom. The van der Waals surface area contributed by atoms with Crippen LogP contribution in [0.2, 0.25) is 0 Å². The number of carbonyl (C=O) groups is 1. The lowest BCUT2D eigenvalue weighted by Crippen LogP contribution is -2.26. The van der Waals surface area contributed by atoms with Crippen LogP contribution in [-0.2, 0) is 14.8 Å². The molecule has 1 amide bonds. The smallest absolute Gasteiger partial charge is 0.242 e. The second kappa shape index (κ2) is 7.36. The predicted octanol–water partition coefficient (Wildman–Crippen LogP) is 2.30. The van der Waals surface area contributed by atoms with E-state index in [9.17, 15) is 13.2 Å². The van der Waals surface area contributed by atoms with Gasteiger partial charge in [0.2, 0.25) is 15.9 Å². The third-order valence-corrected chi connectivity index (χ3v) is 5.94. The number of carbonyl (C=O) groups excluding carboxylic acids is 1. The van der Waals surface area contributed by atoms with Crippen molar-refractivity contribution in [3.05, 3.63) is 30.4 Å². The van der Waals surface area contributed by atoms with Crippen LogP contribution in [0, 0.1) is 5.92 Å². The summed E-state index contributed by atoms with van der Waals surface area (Å²) in [5.74, 6) is -0.138. The van der Waals surface area contributed by atoms with Gasteiger partial charge in [-0.25, -0.2) is 12.7 Å². The predicted molar refractivity (Wildman–Crippen MR) is 96.8 cm³/mol. The van der Waals surface area contributed by atoms with Crippen LogP contribution in [-0.4, -0.2) is 46.8 Å². The fraction of sp³-hybridized carbons (Fsp3) is 0.471. The topological polar surface area (TPSA) is 69.7 Å². The second-order valence-corrected chi connectivity index (χ2v) is 8.48. The lowest BCUT2D eigenvalue weighted by molar-refractivity contribution is -0.120. The maximum atomic E-state index is 12.5. The van der Waals surface area contributed by atoms with Crippen LogP contribution in [0.15, 0.2) is 35.2 Å². The van der Waals surface area contributed by atoms with Gasteiger partial charge in [0.25, 0.3) is 0 Å². The van der Waals surface area contributed by atoms with E-state index in [1.807, 2.05) is 25.1 Å². The highest BCUT2D eigenvalue weighted by Crippen LogP contribution is 2.30. The Morgan fingerprint density at radius 3 is 2.42 bits per heavy atom. The monoisotopic (exact) mass is 351 g/mol. The third-order valence-electron chi connectivity index (χ3n) is 4.13. The second-order valence-electron chi connectivity index (χ2n) is 6.33. The van der Waals surface area contributed by atoms with E-state index in [2.05, 4.69) is 11.4 Å². The van der Waals surface area contributed by atoms with E-state index in [1.54, 1.807) is 12.1 Å². The van der Waals surface area contributed by atoms with Crippen LogP contribution in [0.25, 0.3) is 0 Å². The molecule has 1 aliphatic rings. The summed E-state index contributed by atoms with van der Waals surface area (Å²) in [5, 5.41) is 2.92. The van der Waals surface area contributed by atoms with Crippen LogP contribution >= 0.6 is 0 Å². The van der Waals surface area contributed by atoms with E-state index in [0.29, 0.717) is 5.69 Å². The Balaban J connectivity index is 2.35. The molecule has 7 heteroatoms. The molecule has 0 heterocycles. The first kappa shape index (κ1) is 18.5. The summed E-state index contributed by atoms with van der Waals surface area (Å²) in [6.45, 7) is 0. The zero-order valence-electron chi connectivity index (χ0n) is 14.6. The minimum Gasteiger partial charge on any atom is -0.376 e. The molecule has 1 atom stereocenters. The lowest BCUT2D eigenvalue weighted by Gasteiger charge is -2.22. The first-order chi connectivity index (χ1) is 11.2. The summed E-state index contributed by atoms with van der Waals surface area (Å²) >= 11 is 0. The third kappa shape index (κ3) is 3.96. The molecule has 132 valence electrons. The number of benzene rings is 1. The number of nitrogens with one attached hydrogen (secondary N) is 1. The van der Waals surface area contributed by atoms with Gasteiger partial charge in [0.15, 0.2) is 0 Å². The number of allylic oxidation sites excluding steroid dienone is 2. The molecule has 1 N–H and O–H groups in total. The Hall–Kier alpha value is -1.86. The Labute approximate surface area is 144 Å².